The topological polar surface area (TPSA) is 71.2 Å². The van der Waals surface area contributed by atoms with E-state index < -0.39 is 5.82 Å². The summed E-state index contributed by atoms with van der Waals surface area (Å²) < 4.78 is 13.1. The summed E-state index contributed by atoms with van der Waals surface area (Å²) in [6.45, 7) is 6.95. The molecule has 2 heterocycles. The SMILES string of the molecule is CC(C)N1CCC(CNC(=O)c2cc(F)cnc2N)C1. The van der Waals surface area contributed by atoms with E-state index in [4.69, 9.17) is 5.73 Å². The summed E-state index contributed by atoms with van der Waals surface area (Å²) in [6, 6.07) is 1.64. The molecule has 1 saturated heterocycles. The van der Waals surface area contributed by atoms with Gasteiger partial charge in [0.2, 0.25) is 0 Å². The summed E-state index contributed by atoms with van der Waals surface area (Å²) in [6.07, 6.45) is 2.07. The molecule has 1 fully saturated rings. The molecule has 1 atom stereocenters. The number of nitrogen functional groups attached to an aromatic ring is 1. The van der Waals surface area contributed by atoms with E-state index in [-0.39, 0.29) is 17.3 Å². The van der Waals surface area contributed by atoms with Crippen molar-refractivity contribution in [1.82, 2.24) is 15.2 Å². The van der Waals surface area contributed by atoms with Crippen LogP contribution in [0.2, 0.25) is 0 Å². The lowest BCUT2D eigenvalue weighted by molar-refractivity contribution is 0.0947. The van der Waals surface area contributed by atoms with Crippen LogP contribution >= 0.6 is 0 Å². The van der Waals surface area contributed by atoms with Gasteiger partial charge in [-0.2, -0.15) is 0 Å². The number of hydrogen-bond acceptors (Lipinski definition) is 4. The van der Waals surface area contributed by atoms with Crippen molar-refractivity contribution >= 4 is 11.7 Å². The molecule has 2 rings (SSSR count). The molecule has 1 amide bonds. The van der Waals surface area contributed by atoms with Gasteiger partial charge in [-0.1, -0.05) is 0 Å². The number of pyridine rings is 1. The van der Waals surface area contributed by atoms with Crippen molar-refractivity contribution in [2.75, 3.05) is 25.4 Å². The lowest BCUT2D eigenvalue weighted by atomic mass is 10.1. The van der Waals surface area contributed by atoms with E-state index in [1.165, 1.54) is 0 Å². The fourth-order valence-electron chi connectivity index (χ4n) is 2.46. The molecule has 1 aliphatic rings. The predicted molar refractivity (Wildman–Crippen MR) is 75.8 cm³/mol. The van der Waals surface area contributed by atoms with Gasteiger partial charge in [-0.25, -0.2) is 9.37 Å². The van der Waals surface area contributed by atoms with Crippen molar-refractivity contribution in [2.24, 2.45) is 5.92 Å². The summed E-state index contributed by atoms with van der Waals surface area (Å²) in [4.78, 5) is 18.0. The highest BCUT2D eigenvalue weighted by molar-refractivity contribution is 5.98. The van der Waals surface area contributed by atoms with Crippen molar-refractivity contribution in [3.8, 4) is 0 Å². The predicted octanol–water partition coefficient (Wildman–Crippen LogP) is 1.26. The highest BCUT2D eigenvalue weighted by atomic mass is 19.1. The monoisotopic (exact) mass is 280 g/mol. The molecule has 110 valence electrons. The molecule has 5 nitrogen and oxygen atoms in total. The minimum Gasteiger partial charge on any atom is -0.383 e. The van der Waals surface area contributed by atoms with Crippen molar-refractivity contribution in [3.63, 3.8) is 0 Å². The molecular weight excluding hydrogens is 259 g/mol. The summed E-state index contributed by atoms with van der Waals surface area (Å²) in [7, 11) is 0. The van der Waals surface area contributed by atoms with Gasteiger partial charge in [0.25, 0.3) is 5.91 Å². The Hall–Kier alpha value is -1.69. The average Bonchev–Trinajstić information content (AvgIpc) is 2.88. The Morgan fingerprint density at radius 1 is 1.65 bits per heavy atom. The van der Waals surface area contributed by atoms with Gasteiger partial charge in [-0.05, 0) is 38.8 Å². The van der Waals surface area contributed by atoms with Crippen LogP contribution in [0.15, 0.2) is 12.3 Å². The van der Waals surface area contributed by atoms with Gasteiger partial charge in [0.05, 0.1) is 11.8 Å². The number of likely N-dealkylation sites (tertiary alicyclic amines) is 1. The molecule has 1 aromatic rings. The Morgan fingerprint density at radius 3 is 3.05 bits per heavy atom. The first kappa shape index (κ1) is 14.7. The molecule has 0 radical (unpaired) electrons. The van der Waals surface area contributed by atoms with Gasteiger partial charge in [0.15, 0.2) is 0 Å². The van der Waals surface area contributed by atoms with E-state index in [9.17, 15) is 9.18 Å². The second-order valence-electron chi connectivity index (χ2n) is 5.54. The van der Waals surface area contributed by atoms with Crippen LogP contribution in [0.3, 0.4) is 0 Å². The van der Waals surface area contributed by atoms with Gasteiger partial charge in [0.1, 0.15) is 11.6 Å². The molecule has 3 N–H and O–H groups in total. The Morgan fingerprint density at radius 2 is 2.40 bits per heavy atom. The Labute approximate surface area is 118 Å². The largest absolute Gasteiger partial charge is 0.383 e. The number of anilines is 1. The normalized spacial score (nSPS) is 19.5. The van der Waals surface area contributed by atoms with Crippen LogP contribution in [-0.4, -0.2) is 41.5 Å². The summed E-state index contributed by atoms with van der Waals surface area (Å²) in [5.41, 5.74) is 5.69. The lowest BCUT2D eigenvalue weighted by Crippen LogP contribution is -2.33. The van der Waals surface area contributed by atoms with Crippen LogP contribution in [0.4, 0.5) is 10.2 Å². The molecule has 0 saturated carbocycles. The maximum atomic E-state index is 13.1. The van der Waals surface area contributed by atoms with E-state index in [1.54, 1.807) is 0 Å². The molecule has 1 aromatic heterocycles. The fraction of sp³-hybridized carbons (Fsp3) is 0.571. The first-order valence-corrected chi connectivity index (χ1v) is 6.90. The minimum atomic E-state index is -0.559. The molecule has 0 bridgehead atoms. The molecule has 1 aliphatic heterocycles. The second-order valence-corrected chi connectivity index (χ2v) is 5.54. The summed E-state index contributed by atoms with van der Waals surface area (Å²) in [5.74, 6) is -0.433. The van der Waals surface area contributed by atoms with Crippen LogP contribution in [-0.2, 0) is 0 Å². The van der Waals surface area contributed by atoms with Crippen LogP contribution < -0.4 is 11.1 Å². The second kappa shape index (κ2) is 6.17. The number of rotatable bonds is 4. The number of carbonyl (C=O) groups excluding carboxylic acids is 1. The molecule has 0 aromatic carbocycles. The van der Waals surface area contributed by atoms with Crippen LogP contribution in [0, 0.1) is 11.7 Å². The van der Waals surface area contributed by atoms with Gasteiger partial charge >= 0.3 is 0 Å². The standard InChI is InChI=1S/C14H21FN4O/c1-9(2)19-4-3-10(8-19)6-18-14(20)12-5-11(15)7-17-13(12)16/h5,7,9-10H,3-4,6,8H2,1-2H3,(H2,16,17)(H,18,20). The Kier molecular flexibility index (Phi) is 4.54. The van der Waals surface area contributed by atoms with Gasteiger partial charge in [-0.3, -0.25) is 4.79 Å². The van der Waals surface area contributed by atoms with Gasteiger partial charge < -0.3 is 16.0 Å². The summed E-state index contributed by atoms with van der Waals surface area (Å²) in [5, 5.41) is 2.82. The zero-order valence-corrected chi connectivity index (χ0v) is 11.9. The molecular formula is C14H21FN4O. The number of carbonyl (C=O) groups is 1. The van der Waals surface area contributed by atoms with E-state index in [2.05, 4.69) is 29.0 Å². The molecule has 0 spiro atoms. The van der Waals surface area contributed by atoms with Crippen LogP contribution in [0.1, 0.15) is 30.6 Å². The summed E-state index contributed by atoms with van der Waals surface area (Å²) >= 11 is 0. The van der Waals surface area contributed by atoms with Crippen molar-refractivity contribution < 1.29 is 9.18 Å². The molecule has 0 aliphatic carbocycles. The van der Waals surface area contributed by atoms with Crippen molar-refractivity contribution in [1.29, 1.82) is 0 Å². The highest BCUT2D eigenvalue weighted by Gasteiger charge is 2.24. The van der Waals surface area contributed by atoms with Crippen LogP contribution in [0.5, 0.6) is 0 Å². The smallest absolute Gasteiger partial charge is 0.255 e. The highest BCUT2D eigenvalue weighted by Crippen LogP contribution is 2.18. The number of amides is 1. The van der Waals surface area contributed by atoms with E-state index >= 15 is 0 Å². The van der Waals surface area contributed by atoms with Gasteiger partial charge in [-0.15, -0.1) is 0 Å². The third-order valence-corrected chi connectivity index (χ3v) is 3.73. The maximum Gasteiger partial charge on any atom is 0.255 e. The lowest BCUT2D eigenvalue weighted by Gasteiger charge is -2.20. The zero-order valence-electron chi connectivity index (χ0n) is 11.9. The quantitative estimate of drug-likeness (QED) is 0.871. The van der Waals surface area contributed by atoms with Crippen molar-refractivity contribution in [3.05, 3.63) is 23.6 Å². The number of nitrogens with one attached hydrogen (secondary N) is 1. The van der Waals surface area contributed by atoms with Crippen molar-refractivity contribution in [2.45, 2.75) is 26.3 Å². The number of aromatic nitrogens is 1. The number of nitrogens with zero attached hydrogens (tertiary/aromatic N) is 2. The van der Waals surface area contributed by atoms with Crippen LogP contribution in [0.25, 0.3) is 0 Å². The number of halogens is 1. The Bertz CT molecular complexity index is 492. The first-order valence-electron chi connectivity index (χ1n) is 6.90. The molecule has 6 heteroatoms. The zero-order chi connectivity index (χ0) is 14.7. The number of hydrogen-bond donors (Lipinski definition) is 2. The average molecular weight is 280 g/mol. The number of nitrogens with two attached hydrogens (primary N) is 1. The van der Waals surface area contributed by atoms with E-state index in [0.717, 1.165) is 31.8 Å². The molecule has 20 heavy (non-hydrogen) atoms. The third kappa shape index (κ3) is 3.45. The fourth-order valence-corrected chi connectivity index (χ4v) is 2.46. The van der Waals surface area contributed by atoms with E-state index in [1.807, 2.05) is 0 Å². The first-order chi connectivity index (χ1) is 9.47. The maximum absolute atomic E-state index is 13.1. The Balaban J connectivity index is 1.88. The van der Waals surface area contributed by atoms with E-state index in [0.29, 0.717) is 18.5 Å². The minimum absolute atomic E-state index is 0.0547. The molecule has 1 unspecified atom stereocenters. The third-order valence-electron chi connectivity index (χ3n) is 3.73. The van der Waals surface area contributed by atoms with Gasteiger partial charge in [0, 0.05) is 19.1 Å².